The van der Waals surface area contributed by atoms with E-state index in [1.165, 1.54) is 212 Å². The van der Waals surface area contributed by atoms with Gasteiger partial charge in [-0.1, -0.05) is 331 Å². The maximum atomic E-state index is 13.5. The predicted octanol–water partition coefficient (Wildman–Crippen LogP) is 14.8. The second-order valence-corrected chi connectivity index (χ2v) is 29.9. The lowest BCUT2D eigenvalue weighted by atomic mass is 9.96. The largest absolute Gasteiger partial charge is 0.394 e. The van der Waals surface area contributed by atoms with Crippen LogP contribution in [0.1, 0.15) is 328 Å². The topological polar surface area (TPSA) is 307 Å². The van der Waals surface area contributed by atoms with Crippen molar-refractivity contribution in [1.82, 2.24) is 5.32 Å². The van der Waals surface area contributed by atoms with Crippen molar-refractivity contribution in [2.24, 2.45) is 0 Å². The van der Waals surface area contributed by atoms with Crippen LogP contribution in [0.4, 0.5) is 0 Å². The third-order valence-electron chi connectivity index (χ3n) is 20.8. The molecule has 3 fully saturated rings. The molecule has 0 bridgehead atoms. The number of allylic oxidation sites excluding steroid dienone is 12. The van der Waals surface area contributed by atoms with Gasteiger partial charge in [-0.05, 0) is 64.2 Å². The summed E-state index contributed by atoms with van der Waals surface area (Å²) in [6.45, 7) is 1.73. The summed E-state index contributed by atoms with van der Waals surface area (Å²) >= 11 is 0. The van der Waals surface area contributed by atoms with E-state index < -0.39 is 124 Å². The van der Waals surface area contributed by atoms with Gasteiger partial charge >= 0.3 is 0 Å². The molecule has 17 unspecified atom stereocenters. The number of hydrogen-bond donors (Lipinski definition) is 12. The zero-order chi connectivity index (χ0) is 75.3. The first kappa shape index (κ1) is 95.4. The highest BCUT2D eigenvalue weighted by atomic mass is 16.8. The Labute approximate surface area is 629 Å². The molecule has 0 saturated carbocycles. The zero-order valence-electron chi connectivity index (χ0n) is 65.0. The van der Waals surface area contributed by atoms with E-state index in [0.29, 0.717) is 12.8 Å². The van der Waals surface area contributed by atoms with Crippen molar-refractivity contribution in [1.29, 1.82) is 0 Å². The molecule has 0 spiro atoms. The summed E-state index contributed by atoms with van der Waals surface area (Å²) in [6.07, 6.45) is 58.5. The molecule has 3 heterocycles. The third kappa shape index (κ3) is 44.2. The fourth-order valence-electron chi connectivity index (χ4n) is 14.1. The van der Waals surface area contributed by atoms with Gasteiger partial charge in [-0.2, -0.15) is 0 Å². The van der Waals surface area contributed by atoms with Crippen molar-refractivity contribution < 1.29 is 89.4 Å². The number of amides is 1. The number of aliphatic hydroxyl groups is 11. The standard InChI is InChI=1S/C85H153NO18/c1-3-5-7-9-11-13-15-17-19-21-23-25-27-28-29-30-31-32-33-34-35-36-37-38-39-40-41-43-45-47-49-51-53-55-57-59-61-63-73(91)86-68(69(90)62-60-58-56-54-52-50-48-46-44-42-26-24-22-20-18-16-14-12-10-8-6-4-2)67-99-83-79(97)76(94)81(71(65-88)101-83)104-85-80(98)77(95)82(72(66-89)102-85)103-84-78(96)75(93)74(92)70(64-87)100-84/h5,7,11,13,17,19,23,25,28-29,31-32,68-72,74-85,87-90,92-98H,3-4,6,8-10,12,14-16,18,20-22,24,26-27,30,33-67H2,1-2H3,(H,86,91)/b7-5-,13-11-,19-17-,25-23-,29-28-,32-31-. The number of nitrogens with one attached hydrogen (secondary N) is 1. The van der Waals surface area contributed by atoms with Gasteiger partial charge in [-0.3, -0.25) is 4.79 Å². The van der Waals surface area contributed by atoms with Crippen LogP contribution in [0.25, 0.3) is 0 Å². The second-order valence-electron chi connectivity index (χ2n) is 29.9. The maximum absolute atomic E-state index is 13.5. The fourth-order valence-corrected chi connectivity index (χ4v) is 14.1. The maximum Gasteiger partial charge on any atom is 0.220 e. The van der Waals surface area contributed by atoms with Crippen LogP contribution in [0.15, 0.2) is 72.9 Å². The monoisotopic (exact) mass is 1480 g/mol. The molecule has 0 aromatic carbocycles. The van der Waals surface area contributed by atoms with Crippen molar-refractivity contribution in [2.75, 3.05) is 26.4 Å². The van der Waals surface area contributed by atoms with Gasteiger partial charge in [0, 0.05) is 6.42 Å². The normalized spacial score (nSPS) is 26.3. The lowest BCUT2D eigenvalue weighted by molar-refractivity contribution is -0.379. The van der Waals surface area contributed by atoms with Gasteiger partial charge in [-0.25, -0.2) is 0 Å². The molecular formula is C85H153NO18. The Hall–Kier alpha value is -2.77. The number of hydrogen-bond acceptors (Lipinski definition) is 18. The Morgan fingerprint density at radius 1 is 0.356 bits per heavy atom. The Balaban J connectivity index is 1.32. The second kappa shape index (κ2) is 65.0. The van der Waals surface area contributed by atoms with Crippen LogP contribution in [0.3, 0.4) is 0 Å². The van der Waals surface area contributed by atoms with Gasteiger partial charge in [0.2, 0.25) is 5.91 Å². The predicted molar refractivity (Wildman–Crippen MR) is 415 cm³/mol. The van der Waals surface area contributed by atoms with E-state index in [9.17, 15) is 61.0 Å². The molecule has 0 aromatic rings. The van der Waals surface area contributed by atoms with Crippen molar-refractivity contribution in [2.45, 2.75) is 433 Å². The third-order valence-corrected chi connectivity index (χ3v) is 20.8. The highest BCUT2D eigenvalue weighted by molar-refractivity contribution is 5.76. The molecule has 19 nitrogen and oxygen atoms in total. The average molecular weight is 1480 g/mol. The van der Waals surface area contributed by atoms with Gasteiger partial charge < -0.3 is 89.9 Å². The SMILES string of the molecule is CC/C=C\C/C=C\C/C=C\C/C=C\C/C=C\C/C=C\CCCCCCCCCCCCCCCCCCCCC(=O)NC(COC1OC(CO)C(OC2OC(CO)C(OC3OC(CO)C(O)C(O)C3O)C(O)C2O)C(O)C1O)C(O)CCCCCCCCCCCCCCCCCCCCCCCC. The van der Waals surface area contributed by atoms with Gasteiger partial charge in [-0.15, -0.1) is 0 Å². The first-order valence-electron chi connectivity index (χ1n) is 42.2. The van der Waals surface area contributed by atoms with E-state index in [2.05, 4.69) is 92.1 Å². The van der Waals surface area contributed by atoms with Crippen molar-refractivity contribution in [3.8, 4) is 0 Å². The van der Waals surface area contributed by atoms with Gasteiger partial charge in [0.15, 0.2) is 18.9 Å². The molecule has 0 aromatic heterocycles. The molecule has 3 rings (SSSR count). The van der Waals surface area contributed by atoms with Crippen molar-refractivity contribution in [3.05, 3.63) is 72.9 Å². The molecule has 1 amide bonds. The Bertz CT molecular complexity index is 2160. The molecular weight excluding hydrogens is 1320 g/mol. The van der Waals surface area contributed by atoms with Crippen LogP contribution >= 0.6 is 0 Å². The number of aliphatic hydroxyl groups excluding tert-OH is 11. The lowest BCUT2D eigenvalue weighted by Gasteiger charge is -2.48. The van der Waals surface area contributed by atoms with Gasteiger partial charge in [0.05, 0.1) is 38.6 Å². The molecule has 3 saturated heterocycles. The summed E-state index contributed by atoms with van der Waals surface area (Å²) < 4.78 is 34.6. The minimum Gasteiger partial charge on any atom is -0.394 e. The molecule has 0 radical (unpaired) electrons. The van der Waals surface area contributed by atoms with Gasteiger partial charge in [0.1, 0.15) is 73.2 Å². The zero-order valence-corrected chi connectivity index (χ0v) is 65.0. The van der Waals surface area contributed by atoms with Crippen LogP contribution in [0.2, 0.25) is 0 Å². The number of unbranched alkanes of at least 4 members (excludes halogenated alkanes) is 39. The van der Waals surface area contributed by atoms with E-state index in [0.717, 1.165) is 83.5 Å². The van der Waals surface area contributed by atoms with Crippen LogP contribution in [-0.4, -0.2) is 193 Å². The minimum atomic E-state index is -1.97. The number of rotatable bonds is 67. The van der Waals surface area contributed by atoms with E-state index in [1.54, 1.807) is 0 Å². The summed E-state index contributed by atoms with van der Waals surface area (Å²) in [7, 11) is 0. The molecule has 17 atom stereocenters. The van der Waals surface area contributed by atoms with Crippen molar-refractivity contribution >= 4 is 5.91 Å². The number of carbonyl (C=O) groups is 1. The summed E-state index contributed by atoms with van der Waals surface area (Å²) in [5.74, 6) is -0.239. The van der Waals surface area contributed by atoms with Crippen LogP contribution in [0, 0.1) is 0 Å². The van der Waals surface area contributed by atoms with E-state index in [-0.39, 0.29) is 18.9 Å². The molecule has 0 aliphatic carbocycles. The molecule has 104 heavy (non-hydrogen) atoms. The minimum absolute atomic E-state index is 0.239. The number of ether oxygens (including phenoxy) is 6. The summed E-state index contributed by atoms with van der Waals surface area (Å²) in [4.78, 5) is 13.5. The summed E-state index contributed by atoms with van der Waals surface area (Å²) in [5.41, 5.74) is 0. The van der Waals surface area contributed by atoms with E-state index in [1.807, 2.05) is 0 Å². The Kier molecular flexibility index (Phi) is 59.6. The average Bonchev–Trinajstić information content (AvgIpc) is 0.783. The van der Waals surface area contributed by atoms with Crippen molar-refractivity contribution in [3.63, 3.8) is 0 Å². The quantitative estimate of drug-likeness (QED) is 0.0199. The summed E-state index contributed by atoms with van der Waals surface area (Å²) in [6, 6.07) is -0.890. The fraction of sp³-hybridized carbons (Fsp3) is 0.847. The molecule has 3 aliphatic rings. The summed E-state index contributed by atoms with van der Waals surface area (Å²) in [5, 5.41) is 121. The van der Waals surface area contributed by atoms with E-state index in [4.69, 9.17) is 28.4 Å². The van der Waals surface area contributed by atoms with Crippen LogP contribution in [0.5, 0.6) is 0 Å². The molecule has 606 valence electrons. The van der Waals surface area contributed by atoms with E-state index >= 15 is 0 Å². The number of carbonyl (C=O) groups excluding carboxylic acids is 1. The molecule has 19 heteroatoms. The first-order chi connectivity index (χ1) is 50.8. The molecule has 3 aliphatic heterocycles. The highest BCUT2D eigenvalue weighted by Gasteiger charge is 2.54. The Morgan fingerprint density at radius 2 is 0.663 bits per heavy atom. The molecule has 12 N–H and O–H groups in total. The van der Waals surface area contributed by atoms with Crippen LogP contribution < -0.4 is 5.32 Å². The Morgan fingerprint density at radius 3 is 1.04 bits per heavy atom. The van der Waals surface area contributed by atoms with Gasteiger partial charge in [0.25, 0.3) is 0 Å². The smallest absolute Gasteiger partial charge is 0.220 e. The first-order valence-corrected chi connectivity index (χ1v) is 42.2. The van der Waals surface area contributed by atoms with Crippen LogP contribution in [-0.2, 0) is 33.2 Å². The lowest BCUT2D eigenvalue weighted by Crippen LogP contribution is -2.66. The highest BCUT2D eigenvalue weighted by Crippen LogP contribution is 2.33.